The smallest absolute Gasteiger partial charge is 0.268 e. The molecule has 3 aromatic carbocycles. The maximum Gasteiger partial charge on any atom is 0.270 e. The van der Waals surface area contributed by atoms with Gasteiger partial charge in [0.25, 0.3) is 17.5 Å². The molecule has 0 atom stereocenters. The molecule has 0 saturated heterocycles. The predicted molar refractivity (Wildman–Crippen MR) is 110 cm³/mol. The van der Waals surface area contributed by atoms with Crippen molar-refractivity contribution in [3.8, 4) is 0 Å². The predicted octanol–water partition coefficient (Wildman–Crippen LogP) is 4.63. The summed E-state index contributed by atoms with van der Waals surface area (Å²) in [6.45, 7) is 1.83. The number of hydrogen-bond acceptors (Lipinski definition) is 4. The molecule has 4 rings (SSSR count). The van der Waals surface area contributed by atoms with Crippen LogP contribution in [0.3, 0.4) is 0 Å². The largest absolute Gasteiger partial charge is 0.270 e. The van der Waals surface area contributed by atoms with Crippen molar-refractivity contribution >= 4 is 34.8 Å². The quantitative estimate of drug-likeness (QED) is 0.285. The Hall–Kier alpha value is -4.06. The molecule has 0 saturated carbocycles. The highest BCUT2D eigenvalue weighted by molar-refractivity contribution is 6.43. The first kappa shape index (κ1) is 18.3. The van der Waals surface area contributed by atoms with Crippen LogP contribution in [0.25, 0.3) is 11.6 Å². The Morgan fingerprint density at radius 2 is 1.55 bits per heavy atom. The van der Waals surface area contributed by atoms with E-state index in [0.29, 0.717) is 28.0 Å². The number of para-hydroxylation sites is 1. The fourth-order valence-electron chi connectivity index (χ4n) is 3.42. The van der Waals surface area contributed by atoms with Gasteiger partial charge in [0.05, 0.1) is 10.6 Å². The van der Waals surface area contributed by atoms with E-state index in [9.17, 15) is 19.7 Å². The molecule has 6 heteroatoms. The van der Waals surface area contributed by atoms with E-state index in [-0.39, 0.29) is 5.69 Å². The van der Waals surface area contributed by atoms with E-state index in [2.05, 4.69) is 0 Å². The van der Waals surface area contributed by atoms with Crippen LogP contribution in [0, 0.1) is 17.0 Å². The van der Waals surface area contributed by atoms with Crippen molar-refractivity contribution in [2.75, 3.05) is 4.90 Å². The van der Waals surface area contributed by atoms with Gasteiger partial charge in [-0.1, -0.05) is 48.5 Å². The number of carbonyl (C=O) groups excluding carboxylic acids is 2. The molecule has 0 radical (unpaired) electrons. The lowest BCUT2D eigenvalue weighted by atomic mass is 9.91. The summed E-state index contributed by atoms with van der Waals surface area (Å²) in [5, 5.41) is 11.1. The molecule has 142 valence electrons. The highest BCUT2D eigenvalue weighted by atomic mass is 16.6. The van der Waals surface area contributed by atoms with Crippen LogP contribution in [-0.4, -0.2) is 16.7 Å². The number of benzene rings is 3. The molecule has 0 N–H and O–H groups in total. The lowest BCUT2D eigenvalue weighted by molar-refractivity contribution is -0.384. The van der Waals surface area contributed by atoms with Crippen molar-refractivity contribution < 1.29 is 14.5 Å². The zero-order valence-corrected chi connectivity index (χ0v) is 15.5. The molecular weight excluding hydrogens is 368 g/mol. The van der Waals surface area contributed by atoms with E-state index in [1.165, 1.54) is 17.0 Å². The second-order valence-corrected chi connectivity index (χ2v) is 6.69. The first-order chi connectivity index (χ1) is 14.0. The number of nitrogens with zero attached hydrogens (tertiary/aromatic N) is 2. The third-order valence-electron chi connectivity index (χ3n) is 4.83. The Balaban J connectivity index is 1.91. The minimum Gasteiger partial charge on any atom is -0.268 e. The van der Waals surface area contributed by atoms with Crippen molar-refractivity contribution in [3.05, 3.63) is 105 Å². The highest BCUT2D eigenvalue weighted by Crippen LogP contribution is 2.34. The first-order valence-electron chi connectivity index (χ1n) is 8.97. The third kappa shape index (κ3) is 3.21. The maximum atomic E-state index is 13.4. The summed E-state index contributed by atoms with van der Waals surface area (Å²) in [4.78, 5) is 38.3. The number of nitro benzene ring substituents is 1. The average Bonchev–Trinajstić information content (AvgIpc) is 2.73. The van der Waals surface area contributed by atoms with Crippen LogP contribution in [0.4, 0.5) is 11.4 Å². The molecule has 6 nitrogen and oxygen atoms in total. The van der Waals surface area contributed by atoms with Crippen LogP contribution in [0.1, 0.15) is 27.0 Å². The van der Waals surface area contributed by atoms with Gasteiger partial charge in [-0.25, -0.2) is 4.90 Å². The second kappa shape index (κ2) is 7.16. The molecule has 0 bridgehead atoms. The average molecular weight is 384 g/mol. The van der Waals surface area contributed by atoms with E-state index < -0.39 is 16.7 Å². The number of amides is 2. The summed E-state index contributed by atoms with van der Waals surface area (Å²) in [6, 6.07) is 20.1. The number of imide groups is 1. The summed E-state index contributed by atoms with van der Waals surface area (Å²) in [7, 11) is 0. The Morgan fingerprint density at radius 3 is 2.28 bits per heavy atom. The molecule has 2 amide bonds. The minimum absolute atomic E-state index is 0.0669. The Labute approximate surface area is 166 Å². The number of hydrogen-bond donors (Lipinski definition) is 0. The lowest BCUT2D eigenvalue weighted by Crippen LogP contribution is -2.42. The molecule has 0 aliphatic carbocycles. The molecule has 0 fully saturated rings. The molecular formula is C23H16N2O4. The monoisotopic (exact) mass is 384 g/mol. The van der Waals surface area contributed by atoms with Gasteiger partial charge in [-0.2, -0.15) is 0 Å². The molecule has 0 aromatic heterocycles. The van der Waals surface area contributed by atoms with E-state index in [1.807, 2.05) is 19.1 Å². The van der Waals surface area contributed by atoms with Gasteiger partial charge >= 0.3 is 0 Å². The van der Waals surface area contributed by atoms with E-state index >= 15 is 0 Å². The Bertz CT molecular complexity index is 1200. The number of non-ortho nitro benzene ring substituents is 1. The van der Waals surface area contributed by atoms with Crippen molar-refractivity contribution in [3.63, 3.8) is 0 Å². The van der Waals surface area contributed by atoms with Crippen LogP contribution >= 0.6 is 0 Å². The number of aryl methyl sites for hydroxylation is 1. The fraction of sp³-hybridized carbons (Fsp3) is 0.0435. The lowest BCUT2D eigenvalue weighted by Gasteiger charge is -2.29. The number of nitro groups is 1. The van der Waals surface area contributed by atoms with Gasteiger partial charge in [0, 0.05) is 23.3 Å². The number of anilines is 1. The van der Waals surface area contributed by atoms with Crippen molar-refractivity contribution in [1.29, 1.82) is 0 Å². The molecule has 0 unspecified atom stereocenters. The van der Waals surface area contributed by atoms with Crippen LogP contribution in [0.15, 0.2) is 72.8 Å². The molecule has 29 heavy (non-hydrogen) atoms. The summed E-state index contributed by atoms with van der Waals surface area (Å²) in [5.41, 5.74) is 2.99. The highest BCUT2D eigenvalue weighted by Gasteiger charge is 2.36. The SMILES string of the molecule is Cc1ccccc1N1C(=O)/C(=C\c2cccc([N+](=O)[O-])c2)c2ccccc2C1=O. The first-order valence-corrected chi connectivity index (χ1v) is 8.97. The van der Waals surface area contributed by atoms with E-state index in [1.54, 1.807) is 54.6 Å². The van der Waals surface area contributed by atoms with Crippen molar-refractivity contribution in [1.82, 2.24) is 0 Å². The standard InChI is InChI=1S/C23H16N2O4/c1-15-7-2-5-12-21(15)24-22(26)19-11-4-3-10-18(19)20(23(24)27)14-16-8-6-9-17(13-16)25(28)29/h2-14H,1H3/b20-14-. The zero-order chi connectivity index (χ0) is 20.5. The van der Waals surface area contributed by atoms with Crippen LogP contribution in [0.2, 0.25) is 0 Å². The van der Waals surface area contributed by atoms with Crippen LogP contribution in [0.5, 0.6) is 0 Å². The summed E-state index contributed by atoms with van der Waals surface area (Å²) in [5.74, 6) is -0.856. The van der Waals surface area contributed by atoms with E-state index in [0.717, 1.165) is 5.56 Å². The van der Waals surface area contributed by atoms with Gasteiger partial charge in [-0.05, 0) is 41.8 Å². The number of fused-ring (bicyclic) bond motifs is 1. The second-order valence-electron chi connectivity index (χ2n) is 6.69. The van der Waals surface area contributed by atoms with Gasteiger partial charge < -0.3 is 0 Å². The summed E-state index contributed by atoms with van der Waals surface area (Å²) in [6.07, 6.45) is 1.59. The Kier molecular flexibility index (Phi) is 4.52. The van der Waals surface area contributed by atoms with Crippen LogP contribution < -0.4 is 4.90 Å². The third-order valence-corrected chi connectivity index (χ3v) is 4.83. The summed E-state index contributed by atoms with van der Waals surface area (Å²) >= 11 is 0. The topological polar surface area (TPSA) is 80.5 Å². The van der Waals surface area contributed by atoms with Gasteiger partial charge in [0.15, 0.2) is 0 Å². The zero-order valence-electron chi connectivity index (χ0n) is 15.5. The van der Waals surface area contributed by atoms with E-state index in [4.69, 9.17) is 0 Å². The summed E-state index contributed by atoms with van der Waals surface area (Å²) < 4.78 is 0. The van der Waals surface area contributed by atoms with Crippen LogP contribution in [-0.2, 0) is 4.79 Å². The molecule has 1 heterocycles. The number of rotatable bonds is 3. The molecule has 1 aliphatic heterocycles. The number of carbonyl (C=O) groups is 2. The van der Waals surface area contributed by atoms with Gasteiger partial charge in [0.2, 0.25) is 0 Å². The molecule has 1 aliphatic rings. The van der Waals surface area contributed by atoms with Crippen molar-refractivity contribution in [2.45, 2.75) is 6.92 Å². The fourth-order valence-corrected chi connectivity index (χ4v) is 3.42. The van der Waals surface area contributed by atoms with Crippen molar-refractivity contribution in [2.24, 2.45) is 0 Å². The Morgan fingerprint density at radius 1 is 0.862 bits per heavy atom. The normalized spacial score (nSPS) is 14.8. The molecule has 0 spiro atoms. The maximum absolute atomic E-state index is 13.4. The van der Waals surface area contributed by atoms with Gasteiger partial charge in [-0.15, -0.1) is 0 Å². The van der Waals surface area contributed by atoms with Gasteiger partial charge in [0.1, 0.15) is 0 Å². The minimum atomic E-state index is -0.484. The molecule has 3 aromatic rings. The van der Waals surface area contributed by atoms with Gasteiger partial charge in [-0.3, -0.25) is 19.7 Å².